The van der Waals surface area contributed by atoms with Gasteiger partial charge in [-0.3, -0.25) is 0 Å². The molecule has 3 rings (SSSR count). The third-order valence-corrected chi connectivity index (χ3v) is 4.06. The van der Waals surface area contributed by atoms with Gasteiger partial charge in [-0.05, 0) is 24.6 Å². The average molecular weight is 351 g/mol. The van der Waals surface area contributed by atoms with E-state index in [1.165, 1.54) is 6.07 Å². The summed E-state index contributed by atoms with van der Waals surface area (Å²) >= 11 is 0. The number of alkyl halides is 3. The van der Waals surface area contributed by atoms with Crippen molar-refractivity contribution < 1.29 is 17.9 Å². The lowest BCUT2D eigenvalue weighted by Gasteiger charge is -2.33. The van der Waals surface area contributed by atoms with Crippen LogP contribution in [0.15, 0.2) is 42.5 Å². The molecule has 1 N–H and O–H groups in total. The molecular formula is C18H20F3N3O. The highest BCUT2D eigenvalue weighted by molar-refractivity contribution is 5.45. The van der Waals surface area contributed by atoms with Crippen molar-refractivity contribution in [2.24, 2.45) is 0 Å². The number of pyridine rings is 1. The molecule has 0 saturated carbocycles. The van der Waals surface area contributed by atoms with Crippen LogP contribution < -0.4 is 15.0 Å². The molecule has 0 spiro atoms. The number of anilines is 1. The molecule has 2 aromatic rings. The summed E-state index contributed by atoms with van der Waals surface area (Å²) in [5.74, 6) is 0.129. The molecule has 1 aromatic heterocycles. The average Bonchev–Trinajstić information content (AvgIpc) is 2.60. The summed E-state index contributed by atoms with van der Waals surface area (Å²) in [6.07, 6.45) is -4.51. The molecule has 1 fully saturated rings. The number of benzene rings is 1. The van der Waals surface area contributed by atoms with E-state index in [0.29, 0.717) is 18.9 Å². The number of nitrogens with zero attached hydrogens (tertiary/aromatic N) is 2. The molecule has 7 heteroatoms. The molecule has 25 heavy (non-hydrogen) atoms. The van der Waals surface area contributed by atoms with Crippen LogP contribution in [-0.2, 0) is 12.8 Å². The van der Waals surface area contributed by atoms with Gasteiger partial charge in [-0.2, -0.15) is 18.2 Å². The first-order valence-electron chi connectivity index (χ1n) is 8.17. The zero-order chi connectivity index (χ0) is 17.9. The number of hydrogen-bond donors (Lipinski definition) is 1. The number of aromatic nitrogens is 1. The van der Waals surface area contributed by atoms with E-state index in [1.807, 2.05) is 30.0 Å². The lowest BCUT2D eigenvalue weighted by molar-refractivity contribution is -0.139. The van der Waals surface area contributed by atoms with Gasteiger partial charge in [0.2, 0.25) is 5.88 Å². The summed E-state index contributed by atoms with van der Waals surface area (Å²) in [5.41, 5.74) is -0.0611. The van der Waals surface area contributed by atoms with Crippen molar-refractivity contribution in [2.75, 3.05) is 24.5 Å². The third kappa shape index (κ3) is 4.42. The van der Waals surface area contributed by atoms with Gasteiger partial charge in [0.05, 0.1) is 0 Å². The fourth-order valence-electron chi connectivity index (χ4n) is 2.80. The molecule has 1 aliphatic heterocycles. The maximum Gasteiger partial charge on any atom is 0.421 e. The maximum atomic E-state index is 13.3. The molecule has 0 radical (unpaired) electrons. The quantitative estimate of drug-likeness (QED) is 0.915. The zero-order valence-electron chi connectivity index (χ0n) is 13.9. The van der Waals surface area contributed by atoms with E-state index in [2.05, 4.69) is 10.3 Å². The number of nitrogens with one attached hydrogen (secondary N) is 1. The van der Waals surface area contributed by atoms with Gasteiger partial charge in [0.1, 0.15) is 18.0 Å². The van der Waals surface area contributed by atoms with Gasteiger partial charge in [0, 0.05) is 25.7 Å². The van der Waals surface area contributed by atoms with Gasteiger partial charge < -0.3 is 15.0 Å². The van der Waals surface area contributed by atoms with Crippen molar-refractivity contribution in [3.05, 3.63) is 53.6 Å². The highest BCUT2D eigenvalue weighted by Gasteiger charge is 2.36. The van der Waals surface area contributed by atoms with E-state index >= 15 is 0 Å². The Labute approximate surface area is 144 Å². The van der Waals surface area contributed by atoms with Crippen LogP contribution >= 0.6 is 0 Å². The third-order valence-electron chi connectivity index (χ3n) is 4.06. The van der Waals surface area contributed by atoms with Crippen LogP contribution in [0.1, 0.15) is 18.1 Å². The van der Waals surface area contributed by atoms with Crippen molar-refractivity contribution in [1.29, 1.82) is 0 Å². The molecule has 0 amide bonds. The van der Waals surface area contributed by atoms with Gasteiger partial charge in [0.15, 0.2) is 0 Å². The van der Waals surface area contributed by atoms with Gasteiger partial charge >= 0.3 is 6.18 Å². The van der Waals surface area contributed by atoms with Crippen LogP contribution in [0.2, 0.25) is 0 Å². The Morgan fingerprint density at radius 2 is 1.96 bits per heavy atom. The van der Waals surface area contributed by atoms with E-state index in [-0.39, 0.29) is 18.5 Å². The second-order valence-electron chi connectivity index (χ2n) is 6.10. The summed E-state index contributed by atoms with van der Waals surface area (Å²) < 4.78 is 45.2. The van der Waals surface area contributed by atoms with E-state index in [1.54, 1.807) is 12.1 Å². The topological polar surface area (TPSA) is 37.4 Å². The van der Waals surface area contributed by atoms with Crippen molar-refractivity contribution >= 4 is 5.82 Å². The molecule has 0 bridgehead atoms. The molecule has 1 unspecified atom stereocenters. The Balaban J connectivity index is 1.85. The Hall–Kier alpha value is -2.28. The van der Waals surface area contributed by atoms with Crippen LogP contribution in [0.3, 0.4) is 0 Å². The zero-order valence-corrected chi connectivity index (χ0v) is 13.9. The first kappa shape index (κ1) is 17.5. The van der Waals surface area contributed by atoms with Crippen molar-refractivity contribution in [3.8, 4) is 5.88 Å². The predicted molar refractivity (Wildman–Crippen MR) is 89.7 cm³/mol. The monoisotopic (exact) mass is 351 g/mol. The van der Waals surface area contributed by atoms with Crippen LogP contribution in [-0.4, -0.2) is 30.7 Å². The molecule has 1 aliphatic rings. The van der Waals surface area contributed by atoms with E-state index in [4.69, 9.17) is 4.74 Å². The van der Waals surface area contributed by atoms with Crippen LogP contribution in [0.25, 0.3) is 0 Å². The van der Waals surface area contributed by atoms with Crippen LogP contribution in [0.4, 0.5) is 19.0 Å². The Bertz CT molecular complexity index is 706. The number of ether oxygens (including phenoxy) is 1. The highest BCUT2D eigenvalue weighted by atomic mass is 19.4. The normalized spacial score (nSPS) is 18.2. The fourth-order valence-corrected chi connectivity index (χ4v) is 2.80. The van der Waals surface area contributed by atoms with Crippen molar-refractivity contribution in [3.63, 3.8) is 0 Å². The summed E-state index contributed by atoms with van der Waals surface area (Å²) in [4.78, 5) is 6.14. The van der Waals surface area contributed by atoms with Crippen LogP contribution in [0.5, 0.6) is 5.88 Å². The van der Waals surface area contributed by atoms with Crippen molar-refractivity contribution in [2.45, 2.75) is 25.7 Å². The predicted octanol–water partition coefficient (Wildman–Crippen LogP) is 3.48. The van der Waals surface area contributed by atoms with E-state index < -0.39 is 11.7 Å². The standard InChI is InChI=1S/C18H20F3N3O/c1-13-11-24(10-9-22-13)16-8-7-15(18(19,20)21)17(23-16)25-12-14-5-3-2-4-6-14/h2-8,13,22H,9-12H2,1H3. The Kier molecular flexibility index (Phi) is 5.13. The smallest absolute Gasteiger partial charge is 0.421 e. The fraction of sp³-hybridized carbons (Fsp3) is 0.389. The highest BCUT2D eigenvalue weighted by Crippen LogP contribution is 2.36. The molecule has 1 atom stereocenters. The van der Waals surface area contributed by atoms with Crippen LogP contribution in [0, 0.1) is 0 Å². The molecule has 134 valence electrons. The van der Waals surface area contributed by atoms with Gasteiger partial charge in [-0.15, -0.1) is 0 Å². The van der Waals surface area contributed by atoms with Gasteiger partial charge in [-0.1, -0.05) is 30.3 Å². The van der Waals surface area contributed by atoms with Crippen molar-refractivity contribution in [1.82, 2.24) is 10.3 Å². The van der Waals surface area contributed by atoms with E-state index in [0.717, 1.165) is 18.2 Å². The second kappa shape index (κ2) is 7.31. The minimum Gasteiger partial charge on any atom is -0.472 e. The SMILES string of the molecule is CC1CN(c2ccc(C(F)(F)F)c(OCc3ccccc3)n2)CCN1. The number of rotatable bonds is 4. The maximum absolute atomic E-state index is 13.3. The number of halogens is 3. The second-order valence-corrected chi connectivity index (χ2v) is 6.10. The lowest BCUT2D eigenvalue weighted by atomic mass is 10.2. The first-order valence-corrected chi connectivity index (χ1v) is 8.17. The summed E-state index contributed by atoms with van der Waals surface area (Å²) in [6.45, 7) is 4.22. The lowest BCUT2D eigenvalue weighted by Crippen LogP contribution is -2.49. The molecule has 4 nitrogen and oxygen atoms in total. The molecule has 1 saturated heterocycles. The van der Waals surface area contributed by atoms with Gasteiger partial charge in [0.25, 0.3) is 0 Å². The largest absolute Gasteiger partial charge is 0.472 e. The first-order chi connectivity index (χ1) is 11.9. The molecule has 1 aromatic carbocycles. The minimum atomic E-state index is -4.51. The number of hydrogen-bond acceptors (Lipinski definition) is 4. The van der Waals surface area contributed by atoms with E-state index in [9.17, 15) is 13.2 Å². The Morgan fingerprint density at radius 1 is 1.20 bits per heavy atom. The summed E-state index contributed by atoms with van der Waals surface area (Å²) in [6, 6.07) is 11.8. The number of piperazine rings is 1. The summed E-state index contributed by atoms with van der Waals surface area (Å²) in [7, 11) is 0. The molecule has 2 heterocycles. The molecular weight excluding hydrogens is 331 g/mol. The minimum absolute atomic E-state index is 0.0400. The molecule has 0 aliphatic carbocycles. The van der Waals surface area contributed by atoms with Gasteiger partial charge in [-0.25, -0.2) is 0 Å². The Morgan fingerprint density at radius 3 is 2.64 bits per heavy atom. The summed E-state index contributed by atoms with van der Waals surface area (Å²) in [5, 5.41) is 3.30.